The Balaban J connectivity index is 0.000000142. The van der Waals surface area contributed by atoms with E-state index in [1.807, 2.05) is 0 Å². The molecule has 0 aliphatic carbocycles. The first-order valence-electron chi connectivity index (χ1n) is 6.44. The van der Waals surface area contributed by atoms with Crippen LogP contribution in [-0.4, -0.2) is 15.0 Å². The number of aromatic amines is 1. The van der Waals surface area contributed by atoms with Gasteiger partial charge < -0.3 is 4.98 Å². The van der Waals surface area contributed by atoms with Gasteiger partial charge >= 0.3 is 0 Å². The molecule has 0 saturated carbocycles. The van der Waals surface area contributed by atoms with E-state index >= 15 is 0 Å². The molecular formula is C16H10Br3N3. The third-order valence-corrected chi connectivity index (χ3v) is 4.22. The Morgan fingerprint density at radius 3 is 1.59 bits per heavy atom. The molecule has 2 aromatic carbocycles. The number of nitrogens with zero attached hydrogens (tertiary/aromatic N) is 2. The third kappa shape index (κ3) is 3.56. The zero-order chi connectivity index (χ0) is 15.5. The fourth-order valence-electron chi connectivity index (χ4n) is 2.16. The van der Waals surface area contributed by atoms with Crippen molar-refractivity contribution in [3.63, 3.8) is 0 Å². The topological polar surface area (TPSA) is 41.6 Å². The summed E-state index contributed by atoms with van der Waals surface area (Å²) in [7, 11) is 0. The number of para-hydroxylation sites is 2. The average Bonchev–Trinajstić information content (AvgIpc) is 2.85. The zero-order valence-corrected chi connectivity index (χ0v) is 16.0. The Hall–Kier alpha value is -1.24. The van der Waals surface area contributed by atoms with E-state index in [2.05, 4.69) is 111 Å². The molecule has 3 nitrogen and oxygen atoms in total. The number of rotatable bonds is 0. The van der Waals surface area contributed by atoms with Crippen molar-refractivity contribution >= 4 is 69.6 Å². The molecule has 0 amide bonds. The number of nitrogens with one attached hydrogen (secondary N) is 1. The van der Waals surface area contributed by atoms with E-state index in [-0.39, 0.29) is 0 Å². The van der Waals surface area contributed by atoms with Gasteiger partial charge in [0.25, 0.3) is 0 Å². The van der Waals surface area contributed by atoms with E-state index in [1.54, 1.807) is 6.07 Å². The van der Waals surface area contributed by atoms with E-state index in [1.165, 1.54) is 21.8 Å². The van der Waals surface area contributed by atoms with E-state index < -0.39 is 0 Å². The van der Waals surface area contributed by atoms with Crippen LogP contribution in [0.1, 0.15) is 0 Å². The first-order valence-corrected chi connectivity index (χ1v) is 8.82. The molecule has 0 spiro atoms. The van der Waals surface area contributed by atoms with Gasteiger partial charge in [-0.2, -0.15) is 0 Å². The highest BCUT2D eigenvalue weighted by atomic mass is 79.9. The molecule has 0 unspecified atom stereocenters. The Kier molecular flexibility index (Phi) is 4.90. The fraction of sp³-hybridized carbons (Fsp3) is 0. The summed E-state index contributed by atoms with van der Waals surface area (Å²) < 4.78 is 2.09. The van der Waals surface area contributed by atoms with Crippen molar-refractivity contribution in [3.8, 4) is 0 Å². The summed E-state index contributed by atoms with van der Waals surface area (Å²) in [4.78, 5) is 11.2. The minimum atomic E-state index is 0.573. The monoisotopic (exact) mass is 481 g/mol. The minimum absolute atomic E-state index is 0.573. The van der Waals surface area contributed by atoms with Crippen LogP contribution in [0.4, 0.5) is 0 Å². The van der Waals surface area contributed by atoms with Crippen molar-refractivity contribution in [2.45, 2.75) is 0 Å². The van der Waals surface area contributed by atoms with Gasteiger partial charge in [0.1, 0.15) is 9.21 Å². The first-order chi connectivity index (χ1) is 10.6. The summed E-state index contributed by atoms with van der Waals surface area (Å²) in [5.41, 5.74) is 2.42. The predicted octanol–water partition coefficient (Wildman–Crippen LogP) is 6.09. The maximum Gasteiger partial charge on any atom is 0.198 e. The Morgan fingerprint density at radius 2 is 1.14 bits per heavy atom. The van der Waals surface area contributed by atoms with E-state index in [4.69, 9.17) is 0 Å². The largest absolute Gasteiger partial charge is 0.355 e. The van der Waals surface area contributed by atoms with Crippen LogP contribution in [0.25, 0.3) is 21.8 Å². The molecule has 1 N–H and O–H groups in total. The van der Waals surface area contributed by atoms with Crippen molar-refractivity contribution in [1.29, 1.82) is 0 Å². The quantitative estimate of drug-likeness (QED) is 0.243. The molecule has 0 saturated heterocycles. The van der Waals surface area contributed by atoms with Gasteiger partial charge in [-0.05, 0) is 59.9 Å². The number of benzene rings is 2. The van der Waals surface area contributed by atoms with Crippen LogP contribution in [0.15, 0.2) is 68.5 Å². The molecule has 0 radical (unpaired) electrons. The van der Waals surface area contributed by atoms with Crippen LogP contribution < -0.4 is 0 Å². The van der Waals surface area contributed by atoms with E-state index in [0.717, 1.165) is 9.21 Å². The molecule has 0 aliphatic heterocycles. The zero-order valence-electron chi connectivity index (χ0n) is 11.2. The Morgan fingerprint density at radius 1 is 0.682 bits per heavy atom. The van der Waals surface area contributed by atoms with Crippen LogP contribution in [0.5, 0.6) is 0 Å². The highest BCUT2D eigenvalue weighted by Gasteiger charge is 2.00. The van der Waals surface area contributed by atoms with Crippen molar-refractivity contribution in [3.05, 3.63) is 68.5 Å². The molecule has 2 heterocycles. The molecular weight excluding hydrogens is 474 g/mol. The van der Waals surface area contributed by atoms with Crippen LogP contribution in [0, 0.1) is 0 Å². The standard InChI is InChI=1S/C12H9N.C4HBr3N2/c1-3-7-11-9(5-1)10-6-2-4-8-12(10)13-11;5-2-1-3(6)9-4(7)8-2/h1-8,13H;1H. The molecule has 0 bridgehead atoms. The lowest BCUT2D eigenvalue weighted by molar-refractivity contribution is 1.06. The molecule has 2 aromatic heterocycles. The van der Waals surface area contributed by atoms with Gasteiger partial charge in [0.2, 0.25) is 0 Å². The highest BCUT2D eigenvalue weighted by Crippen LogP contribution is 2.24. The summed E-state index contributed by atoms with van der Waals surface area (Å²) in [6.07, 6.45) is 0. The molecule has 4 aromatic rings. The van der Waals surface area contributed by atoms with E-state index in [9.17, 15) is 0 Å². The van der Waals surface area contributed by atoms with Gasteiger partial charge in [0.05, 0.1) is 0 Å². The fourth-order valence-corrected chi connectivity index (χ4v) is 4.10. The second-order valence-corrected chi connectivity index (χ2v) is 6.83. The molecule has 0 aliphatic rings. The average molecular weight is 484 g/mol. The molecule has 4 rings (SSSR count). The van der Waals surface area contributed by atoms with Gasteiger partial charge in [-0.3, -0.25) is 0 Å². The summed E-state index contributed by atoms with van der Waals surface area (Å²) in [6.45, 7) is 0. The minimum Gasteiger partial charge on any atom is -0.355 e. The maximum absolute atomic E-state index is 3.93. The molecule has 6 heteroatoms. The predicted molar refractivity (Wildman–Crippen MR) is 101 cm³/mol. The van der Waals surface area contributed by atoms with Crippen molar-refractivity contribution in [2.24, 2.45) is 0 Å². The Labute approximate surface area is 152 Å². The van der Waals surface area contributed by atoms with Crippen LogP contribution >= 0.6 is 47.8 Å². The highest BCUT2D eigenvalue weighted by molar-refractivity contribution is 9.11. The SMILES string of the molecule is Brc1cc(Br)nc(Br)n1.c1ccc2c(c1)[nH]c1ccccc12. The molecule has 0 fully saturated rings. The van der Waals surface area contributed by atoms with E-state index in [0.29, 0.717) is 4.73 Å². The van der Waals surface area contributed by atoms with Gasteiger partial charge in [0, 0.05) is 27.9 Å². The number of hydrogen-bond acceptors (Lipinski definition) is 2. The van der Waals surface area contributed by atoms with Crippen LogP contribution in [0.2, 0.25) is 0 Å². The second-order valence-electron chi connectivity index (χ2n) is 4.50. The Bertz CT molecular complexity index is 833. The lowest BCUT2D eigenvalue weighted by Gasteiger charge is -1.90. The van der Waals surface area contributed by atoms with Gasteiger partial charge in [0.15, 0.2) is 4.73 Å². The van der Waals surface area contributed by atoms with Gasteiger partial charge in [-0.25, -0.2) is 9.97 Å². The number of fused-ring (bicyclic) bond motifs is 3. The smallest absolute Gasteiger partial charge is 0.198 e. The normalized spacial score (nSPS) is 10.5. The van der Waals surface area contributed by atoms with Gasteiger partial charge in [-0.1, -0.05) is 36.4 Å². The van der Waals surface area contributed by atoms with Crippen LogP contribution in [-0.2, 0) is 0 Å². The third-order valence-electron chi connectivity index (χ3n) is 3.05. The maximum atomic E-state index is 3.93. The first kappa shape index (κ1) is 15.6. The summed E-state index contributed by atoms with van der Waals surface area (Å²) in [6, 6.07) is 18.5. The lowest BCUT2D eigenvalue weighted by Crippen LogP contribution is -1.82. The molecule has 110 valence electrons. The number of hydrogen-bond donors (Lipinski definition) is 1. The van der Waals surface area contributed by atoms with Crippen molar-refractivity contribution in [2.75, 3.05) is 0 Å². The van der Waals surface area contributed by atoms with Crippen molar-refractivity contribution < 1.29 is 0 Å². The second kappa shape index (κ2) is 6.89. The lowest BCUT2D eigenvalue weighted by atomic mass is 10.2. The molecule has 22 heavy (non-hydrogen) atoms. The number of halogens is 3. The number of H-pyrrole nitrogens is 1. The molecule has 0 atom stereocenters. The van der Waals surface area contributed by atoms with Crippen LogP contribution in [0.3, 0.4) is 0 Å². The summed E-state index contributed by atoms with van der Waals surface area (Å²) in [5.74, 6) is 0. The van der Waals surface area contributed by atoms with Gasteiger partial charge in [-0.15, -0.1) is 0 Å². The summed E-state index contributed by atoms with van der Waals surface area (Å²) >= 11 is 9.53. The number of aromatic nitrogens is 3. The summed E-state index contributed by atoms with van der Waals surface area (Å²) in [5, 5.41) is 2.61. The van der Waals surface area contributed by atoms with Crippen molar-refractivity contribution in [1.82, 2.24) is 15.0 Å².